The second-order valence-corrected chi connectivity index (χ2v) is 5.15. The third-order valence-electron chi connectivity index (χ3n) is 3.47. The lowest BCUT2D eigenvalue weighted by Crippen LogP contribution is -2.29. The van der Waals surface area contributed by atoms with Crippen LogP contribution in [0, 0.1) is 0 Å². The topological polar surface area (TPSA) is 98.6 Å². The molecule has 0 atom stereocenters. The van der Waals surface area contributed by atoms with Crippen LogP contribution in [-0.4, -0.2) is 29.9 Å². The number of rotatable bonds is 7. The molecule has 6 heteroatoms. The SMILES string of the molecule is Nc1ccc(OCCCCCN2C(=O)CCC2=O)c(N)c1. The van der Waals surface area contributed by atoms with Crippen molar-refractivity contribution >= 4 is 23.2 Å². The number of benzene rings is 1. The Labute approximate surface area is 124 Å². The van der Waals surface area contributed by atoms with Crippen molar-refractivity contribution in [2.75, 3.05) is 24.6 Å². The first-order valence-corrected chi connectivity index (χ1v) is 7.19. The normalized spacial score (nSPS) is 14.8. The highest BCUT2D eigenvalue weighted by Gasteiger charge is 2.27. The zero-order chi connectivity index (χ0) is 15.2. The first-order valence-electron chi connectivity index (χ1n) is 7.19. The summed E-state index contributed by atoms with van der Waals surface area (Å²) < 4.78 is 5.58. The fourth-order valence-electron chi connectivity index (χ4n) is 2.30. The second-order valence-electron chi connectivity index (χ2n) is 5.15. The predicted octanol–water partition coefficient (Wildman–Crippen LogP) is 1.55. The molecule has 0 radical (unpaired) electrons. The molecule has 1 fully saturated rings. The molecule has 1 aromatic rings. The highest BCUT2D eigenvalue weighted by molar-refractivity contribution is 6.01. The van der Waals surface area contributed by atoms with Crippen LogP contribution in [-0.2, 0) is 9.59 Å². The number of nitrogens with two attached hydrogens (primary N) is 2. The number of carbonyl (C=O) groups is 2. The van der Waals surface area contributed by atoms with Crippen molar-refractivity contribution in [2.45, 2.75) is 32.1 Å². The molecular weight excluding hydrogens is 270 g/mol. The lowest BCUT2D eigenvalue weighted by atomic mass is 10.2. The van der Waals surface area contributed by atoms with Gasteiger partial charge in [-0.05, 0) is 37.5 Å². The van der Waals surface area contributed by atoms with E-state index < -0.39 is 0 Å². The van der Waals surface area contributed by atoms with Crippen LogP contribution in [0.15, 0.2) is 18.2 Å². The summed E-state index contributed by atoms with van der Waals surface area (Å²) >= 11 is 0. The van der Waals surface area contributed by atoms with Crippen LogP contribution in [0.2, 0.25) is 0 Å². The van der Waals surface area contributed by atoms with E-state index in [0.29, 0.717) is 43.1 Å². The maximum absolute atomic E-state index is 11.4. The number of likely N-dealkylation sites (tertiary alicyclic amines) is 1. The zero-order valence-corrected chi connectivity index (χ0v) is 12.0. The van der Waals surface area contributed by atoms with Gasteiger partial charge < -0.3 is 16.2 Å². The van der Waals surface area contributed by atoms with E-state index in [1.165, 1.54) is 4.90 Å². The minimum absolute atomic E-state index is 0.0501. The molecule has 4 N–H and O–H groups in total. The molecule has 0 unspecified atom stereocenters. The highest BCUT2D eigenvalue weighted by atomic mass is 16.5. The van der Waals surface area contributed by atoms with Crippen molar-refractivity contribution in [3.63, 3.8) is 0 Å². The zero-order valence-electron chi connectivity index (χ0n) is 12.0. The minimum Gasteiger partial charge on any atom is -0.491 e. The van der Waals surface area contributed by atoms with Gasteiger partial charge in [-0.2, -0.15) is 0 Å². The first kappa shape index (κ1) is 15.2. The van der Waals surface area contributed by atoms with Gasteiger partial charge in [-0.3, -0.25) is 14.5 Å². The number of amides is 2. The molecular formula is C15H21N3O3. The van der Waals surface area contributed by atoms with E-state index in [1.807, 2.05) is 0 Å². The van der Waals surface area contributed by atoms with E-state index in [4.69, 9.17) is 16.2 Å². The van der Waals surface area contributed by atoms with Gasteiger partial charge in [0.05, 0.1) is 12.3 Å². The van der Waals surface area contributed by atoms with Crippen molar-refractivity contribution < 1.29 is 14.3 Å². The van der Waals surface area contributed by atoms with Crippen LogP contribution < -0.4 is 16.2 Å². The van der Waals surface area contributed by atoms with Gasteiger partial charge in [-0.1, -0.05) is 0 Å². The van der Waals surface area contributed by atoms with Gasteiger partial charge in [0.15, 0.2) is 0 Å². The summed E-state index contributed by atoms with van der Waals surface area (Å²) in [6.07, 6.45) is 3.26. The minimum atomic E-state index is -0.0501. The van der Waals surface area contributed by atoms with Gasteiger partial charge in [-0.25, -0.2) is 0 Å². The molecule has 1 heterocycles. The maximum atomic E-state index is 11.4. The van der Waals surface area contributed by atoms with Gasteiger partial charge in [0.25, 0.3) is 0 Å². The molecule has 0 aromatic heterocycles. The molecule has 6 nitrogen and oxygen atoms in total. The number of imide groups is 1. The first-order chi connectivity index (χ1) is 10.1. The Hall–Kier alpha value is -2.24. The third-order valence-corrected chi connectivity index (χ3v) is 3.47. The Kier molecular flexibility index (Phi) is 5.03. The summed E-state index contributed by atoms with van der Waals surface area (Å²) in [6.45, 7) is 1.07. The Balaban J connectivity index is 1.62. The summed E-state index contributed by atoms with van der Waals surface area (Å²) in [5.74, 6) is 0.533. The van der Waals surface area contributed by atoms with Gasteiger partial charge in [0, 0.05) is 25.1 Å². The number of hydrogen-bond acceptors (Lipinski definition) is 5. The Morgan fingerprint density at radius 1 is 1.05 bits per heavy atom. The number of anilines is 2. The summed E-state index contributed by atoms with van der Waals surface area (Å²) in [6, 6.07) is 5.17. The lowest BCUT2D eigenvalue weighted by Gasteiger charge is -2.13. The monoisotopic (exact) mass is 291 g/mol. The summed E-state index contributed by atoms with van der Waals surface area (Å²) in [7, 11) is 0. The smallest absolute Gasteiger partial charge is 0.229 e. The molecule has 0 saturated carbocycles. The third kappa shape index (κ3) is 4.11. The number of hydrogen-bond donors (Lipinski definition) is 2. The predicted molar refractivity (Wildman–Crippen MR) is 80.6 cm³/mol. The standard InChI is InChI=1S/C15H21N3O3/c16-11-4-5-13(12(17)10-11)21-9-3-1-2-8-18-14(19)6-7-15(18)20/h4-5,10H,1-3,6-9,16-17H2. The van der Waals surface area contributed by atoms with E-state index >= 15 is 0 Å². The number of carbonyl (C=O) groups excluding carboxylic acids is 2. The van der Waals surface area contributed by atoms with E-state index in [1.54, 1.807) is 18.2 Å². The molecule has 21 heavy (non-hydrogen) atoms. The molecule has 2 rings (SSSR count). The molecule has 0 bridgehead atoms. The van der Waals surface area contributed by atoms with Crippen molar-refractivity contribution in [1.29, 1.82) is 0 Å². The van der Waals surface area contributed by atoms with Gasteiger partial charge in [0.2, 0.25) is 11.8 Å². The Morgan fingerprint density at radius 2 is 1.76 bits per heavy atom. The molecule has 2 amide bonds. The molecule has 0 aliphatic carbocycles. The number of ether oxygens (including phenoxy) is 1. The van der Waals surface area contributed by atoms with E-state index in [2.05, 4.69) is 0 Å². The van der Waals surface area contributed by atoms with Crippen LogP contribution in [0.4, 0.5) is 11.4 Å². The fourth-order valence-corrected chi connectivity index (χ4v) is 2.30. The second kappa shape index (κ2) is 6.97. The van der Waals surface area contributed by atoms with Crippen LogP contribution in [0.5, 0.6) is 5.75 Å². The van der Waals surface area contributed by atoms with Gasteiger partial charge in [-0.15, -0.1) is 0 Å². The van der Waals surface area contributed by atoms with Crippen LogP contribution >= 0.6 is 0 Å². The largest absolute Gasteiger partial charge is 0.491 e. The summed E-state index contributed by atoms with van der Waals surface area (Å²) in [5.41, 5.74) is 12.5. The molecule has 1 aliphatic rings. The molecule has 0 spiro atoms. The summed E-state index contributed by atoms with van der Waals surface area (Å²) in [5, 5.41) is 0. The van der Waals surface area contributed by atoms with E-state index in [9.17, 15) is 9.59 Å². The summed E-state index contributed by atoms with van der Waals surface area (Å²) in [4.78, 5) is 24.2. The van der Waals surface area contributed by atoms with Crippen LogP contribution in [0.3, 0.4) is 0 Å². The molecule has 114 valence electrons. The number of nitrogens with zero attached hydrogens (tertiary/aromatic N) is 1. The highest BCUT2D eigenvalue weighted by Crippen LogP contribution is 2.23. The average Bonchev–Trinajstić information content (AvgIpc) is 2.76. The van der Waals surface area contributed by atoms with E-state index in [-0.39, 0.29) is 11.8 Å². The lowest BCUT2D eigenvalue weighted by molar-refractivity contribution is -0.138. The van der Waals surface area contributed by atoms with Gasteiger partial charge >= 0.3 is 0 Å². The van der Waals surface area contributed by atoms with Gasteiger partial charge in [0.1, 0.15) is 5.75 Å². The number of nitrogen functional groups attached to an aromatic ring is 2. The number of unbranched alkanes of at least 4 members (excludes halogenated alkanes) is 2. The molecule has 1 saturated heterocycles. The van der Waals surface area contributed by atoms with Crippen molar-refractivity contribution in [3.05, 3.63) is 18.2 Å². The van der Waals surface area contributed by atoms with Crippen molar-refractivity contribution in [2.24, 2.45) is 0 Å². The van der Waals surface area contributed by atoms with Crippen molar-refractivity contribution in [3.8, 4) is 5.75 Å². The average molecular weight is 291 g/mol. The fraction of sp³-hybridized carbons (Fsp3) is 0.467. The maximum Gasteiger partial charge on any atom is 0.229 e. The Morgan fingerprint density at radius 3 is 2.43 bits per heavy atom. The van der Waals surface area contributed by atoms with Crippen LogP contribution in [0.1, 0.15) is 32.1 Å². The van der Waals surface area contributed by atoms with Crippen molar-refractivity contribution in [1.82, 2.24) is 4.90 Å². The van der Waals surface area contributed by atoms with Crippen LogP contribution in [0.25, 0.3) is 0 Å². The quantitative estimate of drug-likeness (QED) is 0.451. The molecule has 1 aliphatic heterocycles. The van der Waals surface area contributed by atoms with E-state index in [0.717, 1.165) is 19.3 Å². The Bertz CT molecular complexity index is 515. The molecule has 1 aromatic carbocycles.